The fourth-order valence-electron chi connectivity index (χ4n) is 2.20. The van der Waals surface area contributed by atoms with Crippen LogP contribution < -0.4 is 5.32 Å². The van der Waals surface area contributed by atoms with Crippen molar-refractivity contribution in [3.8, 4) is 0 Å². The second kappa shape index (κ2) is 4.65. The Morgan fingerprint density at radius 3 is 2.71 bits per heavy atom. The van der Waals surface area contributed by atoms with E-state index in [1.165, 1.54) is 9.35 Å². The SMILES string of the molecule is CC1(C)CN(Cc2sccc2Br)C(C)(C)CN1. The van der Waals surface area contributed by atoms with E-state index in [0.29, 0.717) is 0 Å². The Bertz CT molecular complexity index is 398. The molecule has 2 rings (SSSR count). The molecule has 0 spiro atoms. The molecule has 0 bridgehead atoms. The molecule has 1 aliphatic heterocycles. The number of hydrogen-bond donors (Lipinski definition) is 1. The van der Waals surface area contributed by atoms with Crippen LogP contribution in [0.2, 0.25) is 0 Å². The first-order chi connectivity index (χ1) is 7.80. The van der Waals surface area contributed by atoms with Gasteiger partial charge < -0.3 is 5.32 Å². The second-order valence-electron chi connectivity index (χ2n) is 6.10. The van der Waals surface area contributed by atoms with Gasteiger partial charge in [-0.3, -0.25) is 4.90 Å². The van der Waals surface area contributed by atoms with Gasteiger partial charge in [-0.2, -0.15) is 0 Å². The number of piperazine rings is 1. The van der Waals surface area contributed by atoms with Crippen LogP contribution in [0, 0.1) is 0 Å². The van der Waals surface area contributed by atoms with Crippen LogP contribution in [0.1, 0.15) is 32.6 Å². The third-order valence-electron chi connectivity index (χ3n) is 3.47. The lowest BCUT2D eigenvalue weighted by molar-refractivity contribution is 0.0331. The van der Waals surface area contributed by atoms with Gasteiger partial charge in [0, 0.05) is 40.1 Å². The van der Waals surface area contributed by atoms with E-state index in [1.807, 2.05) is 11.3 Å². The van der Waals surface area contributed by atoms with Crippen LogP contribution in [-0.4, -0.2) is 29.1 Å². The molecule has 1 N–H and O–H groups in total. The van der Waals surface area contributed by atoms with Crippen molar-refractivity contribution in [2.24, 2.45) is 0 Å². The standard InChI is InChI=1S/C13H21BrN2S/c1-12(2)9-16(13(3,4)8-15-12)7-11-10(14)5-6-17-11/h5-6,15H,7-9H2,1-4H3. The number of halogens is 1. The number of nitrogens with one attached hydrogen (secondary N) is 1. The van der Waals surface area contributed by atoms with Gasteiger partial charge in [-0.25, -0.2) is 0 Å². The van der Waals surface area contributed by atoms with Crippen LogP contribution in [0.15, 0.2) is 15.9 Å². The summed E-state index contributed by atoms with van der Waals surface area (Å²) in [5.74, 6) is 0. The summed E-state index contributed by atoms with van der Waals surface area (Å²) in [5, 5.41) is 5.78. The highest BCUT2D eigenvalue weighted by Gasteiger charge is 2.37. The summed E-state index contributed by atoms with van der Waals surface area (Å²) >= 11 is 5.46. The normalized spacial score (nSPS) is 23.8. The number of thiophene rings is 1. The van der Waals surface area contributed by atoms with Gasteiger partial charge in [0.25, 0.3) is 0 Å². The lowest BCUT2D eigenvalue weighted by Gasteiger charge is -2.49. The average Bonchev–Trinajstić information content (AvgIpc) is 2.59. The summed E-state index contributed by atoms with van der Waals surface area (Å²) in [6.45, 7) is 12.4. The number of rotatable bonds is 2. The quantitative estimate of drug-likeness (QED) is 0.898. The van der Waals surface area contributed by atoms with E-state index in [4.69, 9.17) is 0 Å². The van der Waals surface area contributed by atoms with E-state index in [9.17, 15) is 0 Å². The van der Waals surface area contributed by atoms with Crippen molar-refractivity contribution >= 4 is 27.3 Å². The molecule has 2 nitrogen and oxygen atoms in total. The van der Waals surface area contributed by atoms with Crippen molar-refractivity contribution in [1.82, 2.24) is 10.2 Å². The molecular weight excluding hydrogens is 296 g/mol. The van der Waals surface area contributed by atoms with Crippen molar-refractivity contribution in [2.45, 2.75) is 45.3 Å². The zero-order chi connectivity index (χ0) is 12.7. The van der Waals surface area contributed by atoms with Gasteiger partial charge in [-0.15, -0.1) is 11.3 Å². The molecular formula is C13H21BrN2S. The van der Waals surface area contributed by atoms with Crippen molar-refractivity contribution in [3.05, 3.63) is 20.8 Å². The zero-order valence-electron chi connectivity index (χ0n) is 11.0. The van der Waals surface area contributed by atoms with Gasteiger partial charge in [0.1, 0.15) is 0 Å². The van der Waals surface area contributed by atoms with Crippen molar-refractivity contribution in [3.63, 3.8) is 0 Å². The first kappa shape index (κ1) is 13.5. The first-order valence-corrected chi connectivity index (χ1v) is 7.69. The van der Waals surface area contributed by atoms with E-state index in [0.717, 1.165) is 19.6 Å². The summed E-state index contributed by atoms with van der Waals surface area (Å²) in [6.07, 6.45) is 0. The molecule has 2 heterocycles. The Morgan fingerprint density at radius 2 is 2.12 bits per heavy atom. The van der Waals surface area contributed by atoms with Crippen LogP contribution in [0.25, 0.3) is 0 Å². The molecule has 0 amide bonds. The Balaban J connectivity index is 2.15. The maximum absolute atomic E-state index is 3.63. The molecule has 0 aromatic carbocycles. The summed E-state index contributed by atoms with van der Waals surface area (Å²) in [6, 6.07) is 2.14. The number of nitrogens with zero attached hydrogens (tertiary/aromatic N) is 1. The van der Waals surface area contributed by atoms with Crippen LogP contribution in [0.5, 0.6) is 0 Å². The highest BCUT2D eigenvalue weighted by molar-refractivity contribution is 9.10. The number of hydrogen-bond acceptors (Lipinski definition) is 3. The van der Waals surface area contributed by atoms with Crippen LogP contribution in [0.4, 0.5) is 0 Å². The fraction of sp³-hybridized carbons (Fsp3) is 0.692. The van der Waals surface area contributed by atoms with Gasteiger partial charge in [-0.05, 0) is 55.1 Å². The molecule has 1 fully saturated rings. The van der Waals surface area contributed by atoms with Gasteiger partial charge >= 0.3 is 0 Å². The van der Waals surface area contributed by atoms with E-state index in [2.05, 4.69) is 65.3 Å². The van der Waals surface area contributed by atoms with E-state index >= 15 is 0 Å². The van der Waals surface area contributed by atoms with Crippen molar-refractivity contribution in [2.75, 3.05) is 13.1 Å². The molecule has 96 valence electrons. The van der Waals surface area contributed by atoms with Crippen molar-refractivity contribution < 1.29 is 0 Å². The lowest BCUT2D eigenvalue weighted by Crippen LogP contribution is -2.65. The summed E-state index contributed by atoms with van der Waals surface area (Å²) < 4.78 is 1.25. The summed E-state index contributed by atoms with van der Waals surface area (Å²) in [4.78, 5) is 4.01. The predicted molar refractivity (Wildman–Crippen MR) is 78.6 cm³/mol. The Hall–Kier alpha value is 0.1000. The summed E-state index contributed by atoms with van der Waals surface area (Å²) in [5.41, 5.74) is 0.429. The van der Waals surface area contributed by atoms with Gasteiger partial charge in [0.05, 0.1) is 0 Å². The molecule has 1 aromatic heterocycles. The smallest absolute Gasteiger partial charge is 0.0345 e. The monoisotopic (exact) mass is 316 g/mol. The average molecular weight is 317 g/mol. The molecule has 1 aliphatic rings. The molecule has 0 aliphatic carbocycles. The largest absolute Gasteiger partial charge is 0.309 e. The second-order valence-corrected chi connectivity index (χ2v) is 7.95. The van der Waals surface area contributed by atoms with Gasteiger partial charge in [-0.1, -0.05) is 0 Å². The minimum atomic E-state index is 0.208. The Morgan fingerprint density at radius 1 is 1.41 bits per heavy atom. The van der Waals surface area contributed by atoms with Crippen molar-refractivity contribution in [1.29, 1.82) is 0 Å². The molecule has 0 unspecified atom stereocenters. The molecule has 0 saturated carbocycles. The topological polar surface area (TPSA) is 15.3 Å². The zero-order valence-corrected chi connectivity index (χ0v) is 13.4. The van der Waals surface area contributed by atoms with Crippen LogP contribution in [0.3, 0.4) is 0 Å². The molecule has 0 atom stereocenters. The highest BCUT2D eigenvalue weighted by Crippen LogP contribution is 2.30. The van der Waals surface area contributed by atoms with Gasteiger partial charge in [0.2, 0.25) is 0 Å². The Kier molecular flexibility index (Phi) is 3.70. The van der Waals surface area contributed by atoms with Gasteiger partial charge in [0.15, 0.2) is 0 Å². The maximum atomic E-state index is 3.63. The minimum Gasteiger partial charge on any atom is -0.309 e. The van der Waals surface area contributed by atoms with E-state index < -0.39 is 0 Å². The third kappa shape index (κ3) is 3.11. The molecule has 4 heteroatoms. The molecule has 1 aromatic rings. The Labute approximate surface area is 117 Å². The first-order valence-electron chi connectivity index (χ1n) is 6.02. The maximum Gasteiger partial charge on any atom is 0.0345 e. The van der Waals surface area contributed by atoms with Crippen LogP contribution in [-0.2, 0) is 6.54 Å². The molecule has 17 heavy (non-hydrogen) atoms. The van der Waals surface area contributed by atoms with Crippen LogP contribution >= 0.6 is 27.3 Å². The lowest BCUT2D eigenvalue weighted by atomic mass is 9.91. The fourth-order valence-corrected chi connectivity index (χ4v) is 3.69. The molecule has 1 saturated heterocycles. The highest BCUT2D eigenvalue weighted by atomic mass is 79.9. The minimum absolute atomic E-state index is 0.208. The predicted octanol–water partition coefficient (Wildman–Crippen LogP) is 3.47. The molecule has 0 radical (unpaired) electrons. The summed E-state index contributed by atoms with van der Waals surface area (Å²) in [7, 11) is 0. The van der Waals surface area contributed by atoms with E-state index in [1.54, 1.807) is 0 Å². The third-order valence-corrected chi connectivity index (χ3v) is 5.38. The van der Waals surface area contributed by atoms with E-state index in [-0.39, 0.29) is 11.1 Å².